The van der Waals surface area contributed by atoms with Gasteiger partial charge in [0.25, 0.3) is 0 Å². The zero-order valence-electron chi connectivity index (χ0n) is 12.1. The molecular weight excluding hydrogens is 391 g/mol. The normalized spacial score (nSPS) is 11.9. The van der Waals surface area contributed by atoms with Crippen LogP contribution in [0.3, 0.4) is 0 Å². The van der Waals surface area contributed by atoms with Crippen molar-refractivity contribution in [1.29, 1.82) is 0 Å². The first-order valence-corrected chi connectivity index (χ1v) is 7.92. The van der Waals surface area contributed by atoms with Crippen LogP contribution in [0.4, 0.5) is 0 Å². The highest BCUT2D eigenvalue weighted by molar-refractivity contribution is 14.0. The van der Waals surface area contributed by atoms with E-state index in [4.69, 9.17) is 0 Å². The fraction of sp³-hybridized carbons (Fsp3) is 0.667. The van der Waals surface area contributed by atoms with E-state index in [-0.39, 0.29) is 28.7 Å². The number of thioether (sulfide) groups is 1. The first-order valence-electron chi connectivity index (χ1n) is 5.88. The molecule has 2 N–H and O–H groups in total. The molecule has 0 aliphatic carbocycles. The fourth-order valence-corrected chi connectivity index (χ4v) is 2.18. The van der Waals surface area contributed by atoms with E-state index >= 15 is 0 Å². The van der Waals surface area contributed by atoms with Gasteiger partial charge in [-0.25, -0.2) is 4.98 Å². The third kappa shape index (κ3) is 7.36. The molecule has 110 valence electrons. The average Bonchev–Trinajstić information content (AvgIpc) is 2.75. The Hall–Kier alpha value is -0.0200. The first-order chi connectivity index (χ1) is 8.46. The SMILES string of the molecule is CN=C(NCc1ncc(C)s1)NCC(C)(C)SC.I. The van der Waals surface area contributed by atoms with Crippen molar-refractivity contribution < 1.29 is 0 Å². The van der Waals surface area contributed by atoms with E-state index in [0.717, 1.165) is 24.1 Å². The summed E-state index contributed by atoms with van der Waals surface area (Å²) in [6, 6.07) is 0. The van der Waals surface area contributed by atoms with Crippen molar-refractivity contribution in [3.05, 3.63) is 16.1 Å². The quantitative estimate of drug-likeness (QED) is 0.442. The predicted molar refractivity (Wildman–Crippen MR) is 98.1 cm³/mol. The molecule has 0 bridgehead atoms. The lowest BCUT2D eigenvalue weighted by molar-refractivity contribution is 0.664. The number of aryl methyl sites for hydroxylation is 1. The van der Waals surface area contributed by atoms with Crippen LogP contribution >= 0.6 is 47.1 Å². The molecule has 4 nitrogen and oxygen atoms in total. The van der Waals surface area contributed by atoms with E-state index in [0.29, 0.717) is 0 Å². The van der Waals surface area contributed by atoms with Gasteiger partial charge < -0.3 is 10.6 Å². The Kier molecular flexibility index (Phi) is 9.01. The molecule has 1 aromatic heterocycles. The Morgan fingerprint density at radius 1 is 1.47 bits per heavy atom. The van der Waals surface area contributed by atoms with Crippen LogP contribution in [0.25, 0.3) is 0 Å². The molecule has 0 amide bonds. The van der Waals surface area contributed by atoms with Crippen LogP contribution in [0.1, 0.15) is 23.7 Å². The smallest absolute Gasteiger partial charge is 0.191 e. The lowest BCUT2D eigenvalue weighted by Gasteiger charge is -2.23. The molecule has 19 heavy (non-hydrogen) atoms. The number of aromatic nitrogens is 1. The molecule has 7 heteroatoms. The number of guanidine groups is 1. The molecule has 0 saturated carbocycles. The third-order valence-corrected chi connectivity index (χ3v) is 4.70. The minimum absolute atomic E-state index is 0. The van der Waals surface area contributed by atoms with Gasteiger partial charge in [-0.2, -0.15) is 11.8 Å². The monoisotopic (exact) mass is 414 g/mol. The van der Waals surface area contributed by atoms with E-state index in [1.54, 1.807) is 18.4 Å². The van der Waals surface area contributed by atoms with Gasteiger partial charge in [0.2, 0.25) is 0 Å². The Bertz CT molecular complexity index is 404. The van der Waals surface area contributed by atoms with Crippen molar-refractivity contribution in [2.75, 3.05) is 19.8 Å². The number of aliphatic imine (C=N–C) groups is 1. The van der Waals surface area contributed by atoms with E-state index < -0.39 is 0 Å². The maximum Gasteiger partial charge on any atom is 0.191 e. The van der Waals surface area contributed by atoms with Crippen LogP contribution in [-0.2, 0) is 6.54 Å². The number of rotatable bonds is 5. The summed E-state index contributed by atoms with van der Waals surface area (Å²) in [5.41, 5.74) is 0. The van der Waals surface area contributed by atoms with Crippen molar-refractivity contribution in [2.24, 2.45) is 4.99 Å². The molecule has 1 heterocycles. The van der Waals surface area contributed by atoms with Gasteiger partial charge >= 0.3 is 0 Å². The van der Waals surface area contributed by atoms with Gasteiger partial charge in [-0.15, -0.1) is 35.3 Å². The van der Waals surface area contributed by atoms with Crippen LogP contribution in [0.5, 0.6) is 0 Å². The summed E-state index contributed by atoms with van der Waals surface area (Å²) in [4.78, 5) is 9.76. The van der Waals surface area contributed by atoms with Crippen molar-refractivity contribution >= 4 is 53.0 Å². The van der Waals surface area contributed by atoms with Gasteiger partial charge in [-0.3, -0.25) is 4.99 Å². The summed E-state index contributed by atoms with van der Waals surface area (Å²) >= 11 is 3.55. The molecule has 0 unspecified atom stereocenters. The van der Waals surface area contributed by atoms with Gasteiger partial charge in [0.05, 0.1) is 6.54 Å². The first kappa shape index (κ1) is 19.0. The Labute approximate surface area is 141 Å². The highest BCUT2D eigenvalue weighted by atomic mass is 127. The summed E-state index contributed by atoms with van der Waals surface area (Å²) < 4.78 is 0.204. The molecule has 0 radical (unpaired) electrons. The standard InChI is InChI=1S/C12H22N4S2.HI/c1-9-6-14-10(18-9)7-15-11(13-4)16-8-12(2,3)17-5;/h6H,7-8H2,1-5H3,(H2,13,15,16);1H. The van der Waals surface area contributed by atoms with Gasteiger partial charge in [0.15, 0.2) is 5.96 Å². The van der Waals surface area contributed by atoms with Crippen molar-refractivity contribution in [3.8, 4) is 0 Å². The van der Waals surface area contributed by atoms with Crippen LogP contribution in [0, 0.1) is 6.92 Å². The summed E-state index contributed by atoms with van der Waals surface area (Å²) in [6.07, 6.45) is 4.02. The number of thiazole rings is 1. The van der Waals surface area contributed by atoms with Gasteiger partial charge in [-0.05, 0) is 27.0 Å². The Balaban J connectivity index is 0.00000324. The lowest BCUT2D eigenvalue weighted by atomic mass is 10.2. The molecule has 0 aromatic carbocycles. The summed E-state index contributed by atoms with van der Waals surface area (Å²) in [5, 5.41) is 7.69. The molecule has 0 aliphatic heterocycles. The number of hydrogen-bond acceptors (Lipinski definition) is 4. The van der Waals surface area contributed by atoms with Crippen LogP contribution in [0.2, 0.25) is 0 Å². The lowest BCUT2D eigenvalue weighted by Crippen LogP contribution is -2.42. The maximum absolute atomic E-state index is 4.32. The fourth-order valence-electron chi connectivity index (χ4n) is 1.23. The largest absolute Gasteiger partial charge is 0.355 e. The predicted octanol–water partition coefficient (Wildman–Crippen LogP) is 2.88. The Morgan fingerprint density at radius 2 is 2.16 bits per heavy atom. The minimum Gasteiger partial charge on any atom is -0.355 e. The van der Waals surface area contributed by atoms with E-state index in [1.807, 2.05) is 18.0 Å². The maximum atomic E-state index is 4.32. The molecule has 0 aliphatic rings. The molecule has 0 spiro atoms. The highest BCUT2D eigenvalue weighted by Crippen LogP contribution is 2.19. The number of hydrogen-bond donors (Lipinski definition) is 2. The number of nitrogens with one attached hydrogen (secondary N) is 2. The topological polar surface area (TPSA) is 49.3 Å². The van der Waals surface area contributed by atoms with E-state index in [1.165, 1.54) is 4.88 Å². The van der Waals surface area contributed by atoms with Crippen molar-refractivity contribution in [1.82, 2.24) is 15.6 Å². The van der Waals surface area contributed by atoms with Crippen molar-refractivity contribution in [2.45, 2.75) is 32.1 Å². The minimum atomic E-state index is 0. The molecule has 1 aromatic rings. The second kappa shape index (κ2) is 9.02. The number of halogens is 1. The molecule has 1 rings (SSSR count). The molecule has 0 fully saturated rings. The molecule has 0 atom stereocenters. The summed E-state index contributed by atoms with van der Waals surface area (Å²) in [7, 11) is 1.79. The van der Waals surface area contributed by atoms with E-state index in [2.05, 4.69) is 47.6 Å². The van der Waals surface area contributed by atoms with Gasteiger partial charge in [-0.1, -0.05) is 0 Å². The van der Waals surface area contributed by atoms with E-state index in [9.17, 15) is 0 Å². The van der Waals surface area contributed by atoms with Crippen LogP contribution in [-0.4, -0.2) is 35.5 Å². The average molecular weight is 414 g/mol. The molecule has 0 saturated heterocycles. The Morgan fingerprint density at radius 3 is 2.63 bits per heavy atom. The second-order valence-corrected chi connectivity index (χ2v) is 7.44. The number of nitrogens with zero attached hydrogens (tertiary/aromatic N) is 2. The zero-order chi connectivity index (χ0) is 13.6. The second-order valence-electron chi connectivity index (χ2n) is 4.61. The molecular formula is C12H23IN4S2. The van der Waals surface area contributed by atoms with Gasteiger partial charge in [0, 0.05) is 29.4 Å². The summed E-state index contributed by atoms with van der Waals surface area (Å²) in [5.74, 6) is 0.824. The van der Waals surface area contributed by atoms with Crippen LogP contribution in [0.15, 0.2) is 11.2 Å². The van der Waals surface area contributed by atoms with Crippen molar-refractivity contribution in [3.63, 3.8) is 0 Å². The van der Waals surface area contributed by atoms with Gasteiger partial charge in [0.1, 0.15) is 5.01 Å². The third-order valence-electron chi connectivity index (χ3n) is 2.53. The zero-order valence-corrected chi connectivity index (χ0v) is 16.1. The summed E-state index contributed by atoms with van der Waals surface area (Å²) in [6.45, 7) is 8.09. The van der Waals surface area contributed by atoms with Crippen LogP contribution < -0.4 is 10.6 Å². The highest BCUT2D eigenvalue weighted by Gasteiger charge is 2.16.